The number of nitrogens with one attached hydrogen (secondary N) is 1. The van der Waals surface area contributed by atoms with E-state index in [0.29, 0.717) is 13.1 Å². The van der Waals surface area contributed by atoms with Crippen molar-refractivity contribution in [2.45, 2.75) is 45.4 Å². The molecule has 0 aliphatic carbocycles. The summed E-state index contributed by atoms with van der Waals surface area (Å²) in [6.45, 7) is 4.97. The molecule has 1 saturated heterocycles. The molecule has 5 nitrogen and oxygen atoms in total. The summed E-state index contributed by atoms with van der Waals surface area (Å²) in [6.07, 6.45) is 1.30. The van der Waals surface area contributed by atoms with E-state index in [1.807, 2.05) is 13.8 Å². The second kappa shape index (κ2) is 8.79. The molecular weight excluding hydrogens is 321 g/mol. The molecule has 1 aliphatic rings. The van der Waals surface area contributed by atoms with Crippen LogP contribution in [0, 0.1) is 13.8 Å². The lowest BCUT2D eigenvalue weighted by Gasteiger charge is -2.11. The van der Waals surface area contributed by atoms with Crippen molar-refractivity contribution in [1.29, 1.82) is 0 Å². The Kier molecular flexibility index (Phi) is 8.62. The average Bonchev–Trinajstić information content (AvgIpc) is 2.94. The summed E-state index contributed by atoms with van der Waals surface area (Å²) < 4.78 is 5.54. The van der Waals surface area contributed by atoms with E-state index in [2.05, 4.69) is 10.3 Å². The van der Waals surface area contributed by atoms with Gasteiger partial charge in [-0.1, -0.05) is 0 Å². The number of amides is 1. The van der Waals surface area contributed by atoms with Gasteiger partial charge in [-0.15, -0.1) is 36.2 Å². The number of nitrogens with two attached hydrogens (primary N) is 1. The van der Waals surface area contributed by atoms with Gasteiger partial charge in [-0.3, -0.25) is 4.79 Å². The molecule has 1 aromatic heterocycles. The van der Waals surface area contributed by atoms with Gasteiger partial charge in [-0.25, -0.2) is 4.98 Å². The van der Waals surface area contributed by atoms with E-state index in [-0.39, 0.29) is 42.9 Å². The first-order valence-electron chi connectivity index (χ1n) is 6.16. The lowest BCUT2D eigenvalue weighted by molar-refractivity contribution is -0.132. The second-order valence-corrected chi connectivity index (χ2v) is 5.81. The van der Waals surface area contributed by atoms with Crippen LogP contribution in [0.4, 0.5) is 0 Å². The van der Waals surface area contributed by atoms with Crippen molar-refractivity contribution >= 4 is 42.1 Å². The van der Waals surface area contributed by atoms with Crippen LogP contribution >= 0.6 is 36.2 Å². The lowest BCUT2D eigenvalue weighted by atomic mass is 10.2. The first-order valence-corrected chi connectivity index (χ1v) is 6.98. The van der Waals surface area contributed by atoms with E-state index in [1.165, 1.54) is 4.88 Å². The highest BCUT2D eigenvalue weighted by molar-refractivity contribution is 7.11. The summed E-state index contributed by atoms with van der Waals surface area (Å²) >= 11 is 1.62. The number of aromatic nitrogens is 1. The Bertz CT molecular complexity index is 423. The minimum Gasteiger partial charge on any atom is -0.364 e. The van der Waals surface area contributed by atoms with E-state index in [9.17, 15) is 4.79 Å². The molecular formula is C12H21Cl2N3O2S. The van der Waals surface area contributed by atoms with Crippen LogP contribution in [0.25, 0.3) is 0 Å². The van der Waals surface area contributed by atoms with E-state index >= 15 is 0 Å². The van der Waals surface area contributed by atoms with Crippen molar-refractivity contribution in [2.75, 3.05) is 6.54 Å². The van der Waals surface area contributed by atoms with Crippen molar-refractivity contribution in [2.24, 2.45) is 5.73 Å². The monoisotopic (exact) mass is 341 g/mol. The van der Waals surface area contributed by atoms with Gasteiger partial charge < -0.3 is 15.8 Å². The maximum Gasteiger partial charge on any atom is 0.249 e. The number of ether oxygens (including phenoxy) is 1. The van der Waals surface area contributed by atoms with Gasteiger partial charge in [0.2, 0.25) is 5.91 Å². The van der Waals surface area contributed by atoms with Crippen LogP contribution in [0.15, 0.2) is 0 Å². The van der Waals surface area contributed by atoms with Crippen LogP contribution in [-0.4, -0.2) is 29.6 Å². The molecule has 8 heteroatoms. The predicted molar refractivity (Wildman–Crippen MR) is 84.9 cm³/mol. The molecule has 20 heavy (non-hydrogen) atoms. The van der Waals surface area contributed by atoms with Gasteiger partial charge in [-0.05, 0) is 26.7 Å². The summed E-state index contributed by atoms with van der Waals surface area (Å²) in [5.74, 6) is -0.0588. The SMILES string of the molecule is Cc1nc(CNC(=O)[C@@H]2CC[C@H](CN)O2)sc1C.Cl.Cl. The molecule has 1 fully saturated rings. The number of hydrogen-bond acceptors (Lipinski definition) is 5. The Morgan fingerprint density at radius 3 is 2.65 bits per heavy atom. The quantitative estimate of drug-likeness (QED) is 0.874. The number of halogens is 2. The van der Waals surface area contributed by atoms with Gasteiger partial charge in [0, 0.05) is 11.4 Å². The molecule has 1 aliphatic heterocycles. The molecule has 3 N–H and O–H groups in total. The van der Waals surface area contributed by atoms with Gasteiger partial charge >= 0.3 is 0 Å². The first kappa shape index (κ1) is 19.6. The van der Waals surface area contributed by atoms with E-state index < -0.39 is 0 Å². The van der Waals surface area contributed by atoms with Crippen molar-refractivity contribution in [3.8, 4) is 0 Å². The Hall–Kier alpha value is -0.400. The molecule has 2 rings (SSSR count). The van der Waals surface area contributed by atoms with Gasteiger partial charge in [-0.2, -0.15) is 0 Å². The summed E-state index contributed by atoms with van der Waals surface area (Å²) in [5, 5.41) is 3.81. The summed E-state index contributed by atoms with van der Waals surface area (Å²) in [5.41, 5.74) is 6.55. The van der Waals surface area contributed by atoms with Gasteiger partial charge in [0.05, 0.1) is 18.3 Å². The van der Waals surface area contributed by atoms with Crippen LogP contribution in [0.1, 0.15) is 28.4 Å². The lowest BCUT2D eigenvalue weighted by Crippen LogP contribution is -2.35. The molecule has 0 saturated carbocycles. The fraction of sp³-hybridized carbons (Fsp3) is 0.667. The fourth-order valence-electron chi connectivity index (χ4n) is 1.96. The van der Waals surface area contributed by atoms with E-state index in [1.54, 1.807) is 11.3 Å². The Labute approximate surface area is 135 Å². The van der Waals surface area contributed by atoms with Crippen molar-refractivity contribution < 1.29 is 9.53 Å². The van der Waals surface area contributed by atoms with E-state index in [0.717, 1.165) is 23.5 Å². The second-order valence-electron chi connectivity index (χ2n) is 4.53. The zero-order chi connectivity index (χ0) is 13.1. The standard InChI is InChI=1S/C12H19N3O2S.2ClH/c1-7-8(2)18-11(15-7)6-14-12(16)10-4-3-9(5-13)17-10;;/h9-10H,3-6,13H2,1-2H3,(H,14,16);2*1H/t9-,10+;;/m1../s1. The molecule has 2 heterocycles. The Morgan fingerprint density at radius 2 is 2.15 bits per heavy atom. The molecule has 0 radical (unpaired) electrons. The summed E-state index contributed by atoms with van der Waals surface area (Å²) in [6, 6.07) is 0. The predicted octanol–water partition coefficient (Wildman–Crippen LogP) is 1.73. The molecule has 0 aromatic carbocycles. The largest absolute Gasteiger partial charge is 0.364 e. The van der Waals surface area contributed by atoms with Crippen molar-refractivity contribution in [3.05, 3.63) is 15.6 Å². The van der Waals surface area contributed by atoms with Crippen LogP contribution in [0.5, 0.6) is 0 Å². The van der Waals surface area contributed by atoms with Gasteiger partial charge in [0.15, 0.2) is 0 Å². The maximum absolute atomic E-state index is 11.9. The first-order chi connectivity index (χ1) is 8.60. The molecule has 2 atom stereocenters. The molecule has 0 bridgehead atoms. The fourth-order valence-corrected chi connectivity index (χ4v) is 2.84. The molecule has 0 spiro atoms. The van der Waals surface area contributed by atoms with Crippen LogP contribution < -0.4 is 11.1 Å². The third-order valence-corrected chi connectivity index (χ3v) is 4.22. The van der Waals surface area contributed by atoms with Crippen LogP contribution in [0.3, 0.4) is 0 Å². The number of nitrogens with zero attached hydrogens (tertiary/aromatic N) is 1. The topological polar surface area (TPSA) is 77.2 Å². The zero-order valence-corrected chi connectivity index (χ0v) is 14.0. The smallest absolute Gasteiger partial charge is 0.249 e. The molecule has 116 valence electrons. The highest BCUT2D eigenvalue weighted by atomic mass is 35.5. The number of carbonyl (C=O) groups excluding carboxylic acids is 1. The van der Waals surface area contributed by atoms with Crippen molar-refractivity contribution in [3.63, 3.8) is 0 Å². The van der Waals surface area contributed by atoms with E-state index in [4.69, 9.17) is 10.5 Å². The molecule has 1 aromatic rings. The number of hydrogen-bond donors (Lipinski definition) is 2. The summed E-state index contributed by atoms with van der Waals surface area (Å²) in [4.78, 5) is 17.4. The normalized spacial score (nSPS) is 20.9. The van der Waals surface area contributed by atoms with Gasteiger partial charge in [0.25, 0.3) is 0 Å². The number of thiazole rings is 1. The van der Waals surface area contributed by atoms with Crippen LogP contribution in [0.2, 0.25) is 0 Å². The third-order valence-electron chi connectivity index (χ3n) is 3.15. The maximum atomic E-state index is 11.9. The highest BCUT2D eigenvalue weighted by Gasteiger charge is 2.29. The Balaban J connectivity index is 0.00000180. The van der Waals surface area contributed by atoms with Crippen LogP contribution in [-0.2, 0) is 16.1 Å². The number of carbonyl (C=O) groups is 1. The summed E-state index contributed by atoms with van der Waals surface area (Å²) in [7, 11) is 0. The minimum atomic E-state index is -0.347. The number of rotatable bonds is 4. The van der Waals surface area contributed by atoms with Gasteiger partial charge in [0.1, 0.15) is 11.1 Å². The minimum absolute atomic E-state index is 0. The third kappa shape index (κ3) is 4.86. The van der Waals surface area contributed by atoms with Crippen molar-refractivity contribution in [1.82, 2.24) is 10.3 Å². The zero-order valence-electron chi connectivity index (χ0n) is 11.5. The molecule has 1 amide bonds. The average molecular weight is 342 g/mol. The Morgan fingerprint density at radius 1 is 1.45 bits per heavy atom. The number of aryl methyl sites for hydroxylation is 2. The molecule has 0 unspecified atom stereocenters. The highest BCUT2D eigenvalue weighted by Crippen LogP contribution is 2.20.